The topological polar surface area (TPSA) is 167 Å². The minimum Gasteiger partial charge on any atom is -0.465 e. The molecule has 2 aromatic carbocycles. The van der Waals surface area contributed by atoms with Crippen LogP contribution in [0.1, 0.15) is 85.0 Å². The molecule has 12 nitrogen and oxygen atoms in total. The van der Waals surface area contributed by atoms with Crippen LogP contribution in [0, 0.1) is 32.6 Å². The zero-order chi connectivity index (χ0) is 37.6. The van der Waals surface area contributed by atoms with Gasteiger partial charge in [-0.3, -0.25) is 19.1 Å². The van der Waals surface area contributed by atoms with Gasteiger partial charge in [0, 0.05) is 45.2 Å². The number of methoxy groups -OCH3 is 1. The Hall–Kier alpha value is -5.55. The molecule has 0 aliphatic carbocycles. The number of aryl methyl sites for hydroxylation is 2. The van der Waals surface area contributed by atoms with E-state index in [-0.39, 0.29) is 36.1 Å². The molecule has 1 atom stereocenters. The molecule has 2 amide bonds. The Labute approximate surface area is 315 Å². The van der Waals surface area contributed by atoms with Gasteiger partial charge in [0.25, 0.3) is 5.91 Å². The zero-order valence-corrected chi connectivity index (χ0v) is 31.3. The molecule has 4 N–H and O–H groups in total. The lowest BCUT2D eigenvalue weighted by molar-refractivity contribution is -0.121. The summed E-state index contributed by atoms with van der Waals surface area (Å²) in [5.41, 5.74) is 10.6. The second-order valence-electron chi connectivity index (χ2n) is 12.3. The van der Waals surface area contributed by atoms with Crippen LogP contribution in [0.4, 0.5) is 0 Å². The molecule has 0 radical (unpaired) electrons. The number of fused-ring (bicyclic) bond motifs is 3. The van der Waals surface area contributed by atoms with Gasteiger partial charge in [-0.05, 0) is 81.6 Å². The van der Waals surface area contributed by atoms with Crippen LogP contribution in [0.25, 0.3) is 16.3 Å². The number of benzene rings is 2. The number of ether oxygens (including phenoxy) is 1. The van der Waals surface area contributed by atoms with Crippen LogP contribution in [0.15, 0.2) is 64.0 Å². The first-order chi connectivity index (χ1) is 25.6. The molecule has 1 aliphatic rings. The summed E-state index contributed by atoms with van der Waals surface area (Å²) in [6, 6.07) is 15.3. The fraction of sp³-hybridized carbons (Fsp3) is 0.282. The molecule has 53 heavy (non-hydrogen) atoms. The number of amides is 2. The van der Waals surface area contributed by atoms with Crippen molar-refractivity contribution in [2.24, 2.45) is 10.7 Å². The highest BCUT2D eigenvalue weighted by atomic mass is 35.5. The van der Waals surface area contributed by atoms with E-state index < -0.39 is 12.0 Å². The third-order valence-electron chi connectivity index (χ3n) is 8.81. The van der Waals surface area contributed by atoms with Gasteiger partial charge in [0.1, 0.15) is 22.6 Å². The van der Waals surface area contributed by atoms with Crippen molar-refractivity contribution < 1.29 is 23.5 Å². The second-order valence-corrected chi connectivity index (χ2v) is 14.0. The van der Waals surface area contributed by atoms with Crippen molar-refractivity contribution in [2.75, 3.05) is 26.7 Å². The molecule has 0 saturated heterocycles. The minimum atomic E-state index is -0.562. The molecule has 0 unspecified atom stereocenters. The number of carbonyl (C=O) groups is 3. The van der Waals surface area contributed by atoms with Crippen molar-refractivity contribution in [1.29, 1.82) is 0 Å². The third kappa shape index (κ3) is 8.10. The number of aliphatic imine (C=N–C) groups is 1. The summed E-state index contributed by atoms with van der Waals surface area (Å²) >= 11 is 7.87. The van der Waals surface area contributed by atoms with Gasteiger partial charge in [-0.1, -0.05) is 35.6 Å². The number of aromatic nitrogens is 3. The number of nitrogens with zero attached hydrogens (tertiary/aromatic N) is 4. The Bertz CT molecular complexity index is 2280. The summed E-state index contributed by atoms with van der Waals surface area (Å²) in [4.78, 5) is 44.7. The molecule has 272 valence electrons. The van der Waals surface area contributed by atoms with Gasteiger partial charge >= 0.3 is 5.97 Å². The number of nitrogens with one attached hydrogen (secondary N) is 2. The first kappa shape index (κ1) is 37.2. The Morgan fingerprint density at radius 1 is 1.00 bits per heavy atom. The van der Waals surface area contributed by atoms with Gasteiger partial charge in [0.2, 0.25) is 5.91 Å². The summed E-state index contributed by atoms with van der Waals surface area (Å²) in [6.07, 6.45) is 1.35. The van der Waals surface area contributed by atoms with Crippen LogP contribution >= 0.6 is 22.9 Å². The standard InChI is InChI=1S/C39H38ClN7O5S/c1-22-23(2)53-38-34(22)35(26-11-13-28(40)14-12-26)44-30(36-46-45-24(3)47(36)38)21-33(48)42-18-5-6-19-43-37(49)32-16-15-31(52-32)27-10-9-25(8-7-17-41)29(20-27)39(50)51-4/h9-16,20,30H,5-6,17-19,21,41H2,1-4H3,(H,42,48)(H,43,49)/t30-/m0/s1. The number of carbonyl (C=O) groups excluding carboxylic acids is 3. The molecule has 14 heteroatoms. The lowest BCUT2D eigenvalue weighted by Gasteiger charge is -2.13. The summed E-state index contributed by atoms with van der Waals surface area (Å²) in [7, 11) is 1.29. The number of thiophene rings is 1. The van der Waals surface area contributed by atoms with E-state index in [9.17, 15) is 14.4 Å². The van der Waals surface area contributed by atoms with E-state index >= 15 is 0 Å². The smallest absolute Gasteiger partial charge is 0.339 e. The summed E-state index contributed by atoms with van der Waals surface area (Å²) in [6.45, 7) is 7.03. The number of halogens is 1. The molecule has 3 aromatic heterocycles. The van der Waals surface area contributed by atoms with E-state index in [0.717, 1.165) is 33.2 Å². The Morgan fingerprint density at radius 3 is 2.47 bits per heavy atom. The third-order valence-corrected chi connectivity index (χ3v) is 10.3. The van der Waals surface area contributed by atoms with Gasteiger partial charge in [-0.15, -0.1) is 21.5 Å². The maximum Gasteiger partial charge on any atom is 0.339 e. The van der Waals surface area contributed by atoms with Crippen molar-refractivity contribution in [3.63, 3.8) is 0 Å². The van der Waals surface area contributed by atoms with Crippen LogP contribution in [-0.4, -0.2) is 65.0 Å². The summed E-state index contributed by atoms with van der Waals surface area (Å²) in [5.74, 6) is 6.40. The highest BCUT2D eigenvalue weighted by molar-refractivity contribution is 7.15. The number of esters is 1. The predicted molar refractivity (Wildman–Crippen MR) is 204 cm³/mol. The maximum absolute atomic E-state index is 13.3. The van der Waals surface area contributed by atoms with Gasteiger partial charge in [-0.25, -0.2) is 4.79 Å². The average Bonchev–Trinajstić information content (AvgIpc) is 3.86. The molecule has 0 bridgehead atoms. The van der Waals surface area contributed by atoms with Crippen LogP contribution in [0.2, 0.25) is 5.02 Å². The lowest BCUT2D eigenvalue weighted by Crippen LogP contribution is -2.28. The predicted octanol–water partition coefficient (Wildman–Crippen LogP) is 5.87. The first-order valence-electron chi connectivity index (χ1n) is 17.0. The number of rotatable bonds is 11. The average molecular weight is 752 g/mol. The van der Waals surface area contributed by atoms with E-state index in [4.69, 9.17) is 31.5 Å². The number of unbranched alkanes of at least 4 members (excludes halogenated alkanes) is 1. The molecule has 4 heterocycles. The van der Waals surface area contributed by atoms with Crippen LogP contribution in [0.3, 0.4) is 0 Å². The Balaban J connectivity index is 1.04. The van der Waals surface area contributed by atoms with Crippen LogP contribution < -0.4 is 16.4 Å². The molecule has 0 saturated carbocycles. The zero-order valence-electron chi connectivity index (χ0n) is 29.7. The monoisotopic (exact) mass is 751 g/mol. The number of hydrogen-bond acceptors (Lipinski definition) is 10. The highest BCUT2D eigenvalue weighted by Crippen LogP contribution is 2.39. The van der Waals surface area contributed by atoms with Gasteiger partial charge in [0.15, 0.2) is 11.6 Å². The van der Waals surface area contributed by atoms with Crippen LogP contribution in [-0.2, 0) is 9.53 Å². The van der Waals surface area contributed by atoms with E-state index in [0.29, 0.717) is 53.7 Å². The maximum atomic E-state index is 13.3. The minimum absolute atomic E-state index is 0.0880. The summed E-state index contributed by atoms with van der Waals surface area (Å²) in [5, 5.41) is 16.3. The van der Waals surface area contributed by atoms with Crippen molar-refractivity contribution in [3.05, 3.63) is 110 Å². The second kappa shape index (κ2) is 16.4. The molecule has 1 aliphatic heterocycles. The fourth-order valence-corrected chi connectivity index (χ4v) is 7.33. The van der Waals surface area contributed by atoms with Crippen LogP contribution in [0.5, 0.6) is 0 Å². The van der Waals surface area contributed by atoms with Gasteiger partial charge in [-0.2, -0.15) is 0 Å². The van der Waals surface area contributed by atoms with Crippen molar-refractivity contribution in [2.45, 2.75) is 46.1 Å². The number of nitrogens with two attached hydrogens (primary N) is 1. The molecule has 0 spiro atoms. The number of furan rings is 1. The molecule has 6 rings (SSSR count). The molecule has 0 fully saturated rings. The van der Waals surface area contributed by atoms with E-state index in [1.807, 2.05) is 35.8 Å². The SMILES string of the molecule is COC(=O)c1cc(-c2ccc(C(=O)NCCCCNC(=O)C[C@@H]3N=C(c4ccc(Cl)cc4)c4c(sc(C)c4C)-n4c(C)nnc43)o2)ccc1C#CCN. The van der Waals surface area contributed by atoms with E-state index in [1.54, 1.807) is 41.7 Å². The van der Waals surface area contributed by atoms with Crippen molar-refractivity contribution in [1.82, 2.24) is 25.4 Å². The number of hydrogen-bond donors (Lipinski definition) is 3. The van der Waals surface area contributed by atoms with Crippen molar-refractivity contribution >= 4 is 46.4 Å². The van der Waals surface area contributed by atoms with E-state index in [2.05, 4.69) is 46.5 Å². The molecule has 5 aromatic rings. The molecular weight excluding hydrogens is 714 g/mol. The largest absolute Gasteiger partial charge is 0.465 e. The highest BCUT2D eigenvalue weighted by Gasteiger charge is 2.32. The first-order valence-corrected chi connectivity index (χ1v) is 18.2. The van der Waals surface area contributed by atoms with Crippen molar-refractivity contribution in [3.8, 4) is 28.2 Å². The lowest BCUT2D eigenvalue weighted by atomic mass is 9.99. The summed E-state index contributed by atoms with van der Waals surface area (Å²) < 4.78 is 12.7. The normalized spacial score (nSPS) is 13.2. The Morgan fingerprint density at radius 2 is 1.74 bits per heavy atom. The Kier molecular flexibility index (Phi) is 11.5. The quantitative estimate of drug-likeness (QED) is 0.0856. The molecular formula is C39H38ClN7O5S. The fourth-order valence-electron chi connectivity index (χ4n) is 5.99. The van der Waals surface area contributed by atoms with Gasteiger partial charge < -0.3 is 25.5 Å². The van der Waals surface area contributed by atoms with Gasteiger partial charge in [0.05, 0.1) is 31.4 Å². The van der Waals surface area contributed by atoms with E-state index in [1.165, 1.54) is 12.0 Å².